The molecular weight excluding hydrogens is 600 g/mol. The average molecular weight is 679 g/mol. The SMILES string of the molecule is CC(=O)O.CC(=O)O.CCCCCCCCCCCCCCCCCCOCCCC(CCN(CCCO)CCCO)NCCCO. The van der Waals surface area contributed by atoms with E-state index < -0.39 is 11.9 Å². The lowest BCUT2D eigenvalue weighted by atomic mass is 10.0. The molecule has 0 bridgehead atoms. The van der Waals surface area contributed by atoms with Crippen LogP contribution in [0.25, 0.3) is 0 Å². The minimum Gasteiger partial charge on any atom is -0.481 e. The van der Waals surface area contributed by atoms with E-state index in [2.05, 4.69) is 17.1 Å². The van der Waals surface area contributed by atoms with Gasteiger partial charge in [-0.15, -0.1) is 0 Å². The highest BCUT2D eigenvalue weighted by atomic mass is 16.5. The Morgan fingerprint density at radius 2 is 0.936 bits per heavy atom. The summed E-state index contributed by atoms with van der Waals surface area (Å²) in [6.07, 6.45) is 27.9. The zero-order valence-electron chi connectivity index (χ0n) is 30.9. The van der Waals surface area contributed by atoms with Crippen LogP contribution in [0.5, 0.6) is 0 Å². The van der Waals surface area contributed by atoms with Gasteiger partial charge in [0.15, 0.2) is 0 Å². The number of ether oxygens (including phenoxy) is 1. The van der Waals surface area contributed by atoms with Crippen molar-refractivity contribution in [3.63, 3.8) is 0 Å². The summed E-state index contributed by atoms with van der Waals surface area (Å²) in [5, 5.41) is 45.9. The fourth-order valence-corrected chi connectivity index (χ4v) is 5.28. The second kappa shape index (κ2) is 44.7. The van der Waals surface area contributed by atoms with Gasteiger partial charge in [-0.2, -0.15) is 0 Å². The Morgan fingerprint density at radius 1 is 0.553 bits per heavy atom. The summed E-state index contributed by atoms with van der Waals surface area (Å²) in [7, 11) is 0. The van der Waals surface area contributed by atoms with Crippen molar-refractivity contribution in [3.8, 4) is 0 Å². The molecule has 47 heavy (non-hydrogen) atoms. The van der Waals surface area contributed by atoms with Gasteiger partial charge in [0.25, 0.3) is 11.9 Å². The monoisotopic (exact) mass is 679 g/mol. The van der Waals surface area contributed by atoms with E-state index in [1.807, 2.05) is 0 Å². The maximum atomic E-state index is 9.17. The van der Waals surface area contributed by atoms with E-state index in [-0.39, 0.29) is 19.8 Å². The molecule has 0 radical (unpaired) electrons. The fourth-order valence-electron chi connectivity index (χ4n) is 5.28. The van der Waals surface area contributed by atoms with Crippen LogP contribution in [-0.2, 0) is 14.3 Å². The van der Waals surface area contributed by atoms with Crippen molar-refractivity contribution in [2.45, 2.75) is 168 Å². The molecule has 0 amide bonds. The van der Waals surface area contributed by atoms with Crippen LogP contribution in [0.1, 0.15) is 162 Å². The van der Waals surface area contributed by atoms with Crippen LogP contribution in [0.3, 0.4) is 0 Å². The number of rotatable bonds is 34. The Morgan fingerprint density at radius 3 is 1.34 bits per heavy atom. The van der Waals surface area contributed by atoms with Crippen LogP contribution >= 0.6 is 0 Å². The van der Waals surface area contributed by atoms with Crippen molar-refractivity contribution >= 4 is 11.9 Å². The molecule has 1 unspecified atom stereocenters. The number of hydrogen-bond acceptors (Lipinski definition) is 8. The molecule has 284 valence electrons. The lowest BCUT2D eigenvalue weighted by Gasteiger charge is -2.25. The van der Waals surface area contributed by atoms with E-state index in [4.69, 9.17) is 39.9 Å². The molecule has 6 N–H and O–H groups in total. The molecule has 1 atom stereocenters. The van der Waals surface area contributed by atoms with Gasteiger partial charge in [0.2, 0.25) is 0 Å². The van der Waals surface area contributed by atoms with Crippen LogP contribution in [-0.4, -0.2) is 108 Å². The van der Waals surface area contributed by atoms with E-state index in [1.54, 1.807) is 0 Å². The third kappa shape index (κ3) is 54.4. The van der Waals surface area contributed by atoms with Gasteiger partial charge in [-0.25, -0.2) is 0 Å². The molecule has 0 aliphatic carbocycles. The second-order valence-corrected chi connectivity index (χ2v) is 12.6. The third-order valence-corrected chi connectivity index (χ3v) is 7.81. The van der Waals surface area contributed by atoms with Gasteiger partial charge in [0.1, 0.15) is 0 Å². The number of carbonyl (C=O) groups is 2. The van der Waals surface area contributed by atoms with Crippen LogP contribution in [0.4, 0.5) is 0 Å². The number of hydrogen-bond donors (Lipinski definition) is 6. The standard InChI is InChI=1S/C33H70N2O4.2C2H4O2/c1-2-3-4-5-6-7-8-9-10-11-12-13-14-15-16-17-31-39-32-18-22-33(34-24-19-28-36)23-27-35(25-20-29-37)26-21-30-38;2*1-2(3)4/h33-34,36-38H,2-32H2,1H3;2*1H3,(H,3,4). The van der Waals surface area contributed by atoms with Gasteiger partial charge >= 0.3 is 0 Å². The molecule has 0 spiro atoms. The number of unbranched alkanes of at least 4 members (excludes halogenated alkanes) is 15. The van der Waals surface area contributed by atoms with Crippen molar-refractivity contribution in [1.82, 2.24) is 10.2 Å². The number of nitrogens with one attached hydrogen (secondary N) is 1. The largest absolute Gasteiger partial charge is 0.481 e. The molecule has 0 saturated carbocycles. The minimum absolute atomic E-state index is 0.213. The number of nitrogens with zero attached hydrogens (tertiary/aromatic N) is 1. The highest BCUT2D eigenvalue weighted by Crippen LogP contribution is 2.14. The van der Waals surface area contributed by atoms with Gasteiger partial charge in [0, 0.05) is 66.0 Å². The summed E-state index contributed by atoms with van der Waals surface area (Å²) in [6.45, 7) is 10.4. The van der Waals surface area contributed by atoms with Gasteiger partial charge in [0.05, 0.1) is 0 Å². The molecule has 0 aromatic rings. The Labute approximate surface area is 289 Å². The lowest BCUT2D eigenvalue weighted by molar-refractivity contribution is -0.135. The highest BCUT2D eigenvalue weighted by Gasteiger charge is 2.11. The van der Waals surface area contributed by atoms with Crippen molar-refractivity contribution in [3.05, 3.63) is 0 Å². The van der Waals surface area contributed by atoms with E-state index in [9.17, 15) is 0 Å². The topological polar surface area (TPSA) is 160 Å². The molecule has 0 fully saturated rings. The minimum atomic E-state index is -0.833. The summed E-state index contributed by atoms with van der Waals surface area (Å²) < 4.78 is 5.93. The molecule has 0 rings (SSSR count). The molecule has 0 aliphatic rings. The Balaban J connectivity index is -0.00000215. The normalized spacial score (nSPS) is 11.5. The summed E-state index contributed by atoms with van der Waals surface area (Å²) in [5.74, 6) is -1.67. The van der Waals surface area contributed by atoms with Gasteiger partial charge in [-0.3, -0.25) is 9.59 Å². The predicted octanol–water partition coefficient (Wildman–Crippen LogP) is 7.02. The third-order valence-electron chi connectivity index (χ3n) is 7.81. The molecule has 0 aromatic heterocycles. The number of carboxylic acid groups (broad SMARTS) is 2. The van der Waals surface area contributed by atoms with Crippen LogP contribution in [0.2, 0.25) is 0 Å². The van der Waals surface area contributed by atoms with Gasteiger partial charge < -0.3 is 40.5 Å². The van der Waals surface area contributed by atoms with Crippen LogP contribution in [0, 0.1) is 0 Å². The zero-order valence-corrected chi connectivity index (χ0v) is 30.9. The zero-order chi connectivity index (χ0) is 35.6. The molecule has 0 saturated heterocycles. The molecule has 0 aromatic carbocycles. The first-order chi connectivity index (χ1) is 22.7. The average Bonchev–Trinajstić information content (AvgIpc) is 3.02. The van der Waals surface area contributed by atoms with E-state index >= 15 is 0 Å². The Bertz CT molecular complexity index is 585. The predicted molar refractivity (Wildman–Crippen MR) is 194 cm³/mol. The van der Waals surface area contributed by atoms with E-state index in [1.165, 1.54) is 103 Å². The van der Waals surface area contributed by atoms with Crippen LogP contribution < -0.4 is 5.32 Å². The Kier molecular flexibility index (Phi) is 47.6. The summed E-state index contributed by atoms with van der Waals surface area (Å²) in [6, 6.07) is 0.418. The number of aliphatic carboxylic acids is 2. The van der Waals surface area contributed by atoms with E-state index in [0.717, 1.165) is 91.8 Å². The van der Waals surface area contributed by atoms with Gasteiger partial charge in [-0.1, -0.05) is 103 Å². The molecule has 10 heteroatoms. The second-order valence-electron chi connectivity index (χ2n) is 12.6. The Hall–Kier alpha value is -1.30. The fraction of sp³-hybridized carbons (Fsp3) is 0.946. The lowest BCUT2D eigenvalue weighted by Crippen LogP contribution is -2.36. The quantitative estimate of drug-likeness (QED) is 0.0390. The molecule has 0 heterocycles. The summed E-state index contributed by atoms with van der Waals surface area (Å²) in [4.78, 5) is 20.3. The van der Waals surface area contributed by atoms with E-state index in [0.29, 0.717) is 6.04 Å². The molecule has 10 nitrogen and oxygen atoms in total. The van der Waals surface area contributed by atoms with Crippen molar-refractivity contribution in [2.75, 3.05) is 59.2 Å². The van der Waals surface area contributed by atoms with Crippen molar-refractivity contribution in [1.29, 1.82) is 0 Å². The van der Waals surface area contributed by atoms with Crippen LogP contribution in [0.15, 0.2) is 0 Å². The first kappa shape index (κ1) is 50.1. The summed E-state index contributed by atoms with van der Waals surface area (Å²) in [5.41, 5.74) is 0. The first-order valence-electron chi connectivity index (χ1n) is 19.0. The number of aliphatic hydroxyl groups is 3. The highest BCUT2D eigenvalue weighted by molar-refractivity contribution is 5.63. The number of aliphatic hydroxyl groups excluding tert-OH is 3. The van der Waals surface area contributed by atoms with Gasteiger partial charge in [-0.05, 0) is 58.0 Å². The molecular formula is C37H78N2O8. The summed E-state index contributed by atoms with van der Waals surface area (Å²) >= 11 is 0. The van der Waals surface area contributed by atoms with Crippen molar-refractivity contribution in [2.24, 2.45) is 0 Å². The first-order valence-corrected chi connectivity index (χ1v) is 19.0. The van der Waals surface area contributed by atoms with Crippen molar-refractivity contribution < 1.29 is 39.9 Å². The smallest absolute Gasteiger partial charge is 0.300 e. The molecule has 0 aliphatic heterocycles. The maximum Gasteiger partial charge on any atom is 0.300 e. The maximum absolute atomic E-state index is 9.17. The number of carboxylic acids is 2.